The third-order valence-corrected chi connectivity index (χ3v) is 1.21. The Balaban J connectivity index is 0. The Morgan fingerprint density at radius 2 is 1.33 bits per heavy atom. The van der Waals surface area contributed by atoms with E-state index in [-0.39, 0.29) is 1.43 Å². The normalized spacial score (nSPS) is 9.67. The number of nitrogens with zero attached hydrogens (tertiary/aromatic N) is 1. The average molecular weight is 270 g/mol. The zero-order valence-electron chi connectivity index (χ0n) is 9.83. The molecule has 1 aromatic heterocycles. The number of halogens is 6. The second kappa shape index (κ2) is 8.21. The molecule has 0 amide bonds. The van der Waals surface area contributed by atoms with Gasteiger partial charge in [-0.1, -0.05) is 0 Å². The molecule has 0 atom stereocenters. The number of benzene rings is 1. The van der Waals surface area contributed by atoms with Crippen LogP contribution in [0.1, 0.15) is 1.43 Å². The van der Waals surface area contributed by atoms with Gasteiger partial charge in [-0.25, -0.2) is 8.78 Å². The van der Waals surface area contributed by atoms with Gasteiger partial charge in [0, 0.05) is 12.4 Å². The number of aromatic nitrogens is 2. The van der Waals surface area contributed by atoms with E-state index in [1.54, 1.807) is 12.4 Å². The molecule has 9 heteroatoms. The minimum absolute atomic E-state index is 0. The topological polar surface area (TPSA) is 28.7 Å². The summed E-state index contributed by atoms with van der Waals surface area (Å²) in [6.45, 7) is 0. The van der Waals surface area contributed by atoms with Crippen LogP contribution in [0, 0.1) is 11.6 Å². The van der Waals surface area contributed by atoms with Gasteiger partial charge in [0.2, 0.25) is 0 Å². The molecule has 100 valence electrons. The Labute approximate surface area is 100 Å². The van der Waals surface area contributed by atoms with E-state index in [0.29, 0.717) is 0 Å². The Morgan fingerprint density at radius 3 is 1.50 bits per heavy atom. The summed E-state index contributed by atoms with van der Waals surface area (Å²) in [5, 5.41) is 6.21. The Kier molecular flexibility index (Phi) is 7.33. The van der Waals surface area contributed by atoms with Gasteiger partial charge in [-0.05, 0) is 30.3 Å². The van der Waals surface area contributed by atoms with E-state index >= 15 is 0 Å². The summed E-state index contributed by atoms with van der Waals surface area (Å²) in [5.41, 5.74) is 0. The van der Waals surface area contributed by atoms with Gasteiger partial charge >= 0.3 is 8.68 Å². The molecular formula is C9H9BF6N2. The molecule has 0 aliphatic heterocycles. The van der Waals surface area contributed by atoms with Crippen molar-refractivity contribution in [3.63, 3.8) is 0 Å². The molecular weight excluding hydrogens is 261 g/mol. The zero-order chi connectivity index (χ0) is 14.0. The largest absolute Gasteiger partial charge is 1.00 e. The standard InChI is InChI=1S/C6H4F2.C3H4N2.BF4/c7-5-1-2-6(8)4-3-5;1-2-4-5-3-1;2-1(3,4)5/h1-4H;1-3H,(H,4,5);/q;;-1/p+1. The molecule has 0 spiro atoms. The quantitative estimate of drug-likeness (QED) is 0.572. The molecule has 2 nitrogen and oxygen atoms in total. The van der Waals surface area contributed by atoms with Crippen LogP contribution >= 0.6 is 0 Å². The van der Waals surface area contributed by atoms with Crippen molar-refractivity contribution in [3.05, 3.63) is 54.4 Å². The third kappa shape index (κ3) is 14.1. The first-order valence-electron chi connectivity index (χ1n) is 4.51. The SMILES string of the molecule is F[B-](F)(F)F.Fc1ccc(F)cc1.[H+].c1cn[nH]c1. The lowest BCUT2D eigenvalue weighted by molar-refractivity contribution is 0.368. The van der Waals surface area contributed by atoms with Crippen molar-refractivity contribution in [3.8, 4) is 0 Å². The fourth-order valence-corrected chi connectivity index (χ4v) is 0.645. The van der Waals surface area contributed by atoms with Crippen LogP contribution in [0.2, 0.25) is 0 Å². The van der Waals surface area contributed by atoms with E-state index in [1.165, 1.54) is 0 Å². The highest BCUT2D eigenvalue weighted by Crippen LogP contribution is 2.06. The Morgan fingerprint density at radius 1 is 0.944 bits per heavy atom. The van der Waals surface area contributed by atoms with Crippen molar-refractivity contribution < 1.29 is 27.5 Å². The van der Waals surface area contributed by atoms with Crippen molar-refractivity contribution in [1.29, 1.82) is 0 Å². The lowest BCUT2D eigenvalue weighted by atomic mass is 10.3. The Bertz CT molecular complexity index is 361. The molecule has 0 aliphatic carbocycles. The molecule has 0 fully saturated rings. The second-order valence-electron chi connectivity index (χ2n) is 2.70. The van der Waals surface area contributed by atoms with Crippen molar-refractivity contribution in [1.82, 2.24) is 10.2 Å². The van der Waals surface area contributed by atoms with Crippen LogP contribution in [-0.4, -0.2) is 17.5 Å². The highest BCUT2D eigenvalue weighted by atomic mass is 19.5. The van der Waals surface area contributed by atoms with Crippen molar-refractivity contribution in [2.75, 3.05) is 0 Å². The molecule has 0 bridgehead atoms. The monoisotopic (exact) mass is 270 g/mol. The van der Waals surface area contributed by atoms with Crippen LogP contribution in [0.25, 0.3) is 0 Å². The van der Waals surface area contributed by atoms with Gasteiger partial charge < -0.3 is 17.3 Å². The van der Waals surface area contributed by atoms with Gasteiger partial charge in [0.15, 0.2) is 0 Å². The van der Waals surface area contributed by atoms with Gasteiger partial charge in [-0.15, -0.1) is 0 Å². The van der Waals surface area contributed by atoms with E-state index in [9.17, 15) is 26.0 Å². The molecule has 2 rings (SSSR count). The van der Waals surface area contributed by atoms with E-state index in [0.717, 1.165) is 24.3 Å². The number of rotatable bonds is 0. The van der Waals surface area contributed by atoms with Gasteiger partial charge in [0.05, 0.1) is 0 Å². The maximum atomic E-state index is 11.9. The Hall–Kier alpha value is -1.93. The summed E-state index contributed by atoms with van der Waals surface area (Å²) >= 11 is 0. The summed E-state index contributed by atoms with van der Waals surface area (Å²) in [6.07, 6.45) is 3.46. The molecule has 0 saturated heterocycles. The van der Waals surface area contributed by atoms with E-state index in [2.05, 4.69) is 10.2 Å². The fourth-order valence-electron chi connectivity index (χ4n) is 0.645. The van der Waals surface area contributed by atoms with Crippen LogP contribution in [0.5, 0.6) is 0 Å². The average Bonchev–Trinajstić information content (AvgIpc) is 2.78. The first-order valence-corrected chi connectivity index (χ1v) is 4.51. The highest BCUT2D eigenvalue weighted by molar-refractivity contribution is 6.50. The smallest absolute Gasteiger partial charge is 0.418 e. The van der Waals surface area contributed by atoms with E-state index < -0.39 is 18.9 Å². The third-order valence-electron chi connectivity index (χ3n) is 1.21. The summed E-state index contributed by atoms with van der Waals surface area (Å²) < 4.78 is 62.8. The number of hydrogen-bond acceptors (Lipinski definition) is 1. The molecule has 0 aliphatic rings. The van der Waals surface area contributed by atoms with Crippen molar-refractivity contribution in [2.45, 2.75) is 0 Å². The first kappa shape index (κ1) is 16.1. The van der Waals surface area contributed by atoms with Gasteiger partial charge in [-0.2, -0.15) is 5.10 Å². The minimum Gasteiger partial charge on any atom is -0.418 e. The maximum absolute atomic E-state index is 11.9. The van der Waals surface area contributed by atoms with Gasteiger partial charge in [-0.3, -0.25) is 5.10 Å². The minimum atomic E-state index is -6.00. The summed E-state index contributed by atoms with van der Waals surface area (Å²) in [5.74, 6) is -0.821. The fraction of sp³-hybridized carbons (Fsp3) is 0. The number of H-pyrrole nitrogens is 1. The summed E-state index contributed by atoms with van der Waals surface area (Å²) in [6, 6.07) is 6.15. The molecule has 1 heterocycles. The van der Waals surface area contributed by atoms with Crippen LogP contribution in [0.4, 0.5) is 26.0 Å². The van der Waals surface area contributed by atoms with Gasteiger partial charge in [0.25, 0.3) is 0 Å². The predicted molar refractivity (Wildman–Crippen MR) is 56.2 cm³/mol. The van der Waals surface area contributed by atoms with E-state index in [4.69, 9.17) is 0 Å². The summed E-state index contributed by atoms with van der Waals surface area (Å²) in [7, 11) is -6.00. The molecule has 0 saturated carbocycles. The molecule has 1 aromatic carbocycles. The van der Waals surface area contributed by atoms with E-state index in [1.807, 2.05) is 6.07 Å². The summed E-state index contributed by atoms with van der Waals surface area (Å²) in [4.78, 5) is 0. The van der Waals surface area contributed by atoms with Crippen LogP contribution < -0.4 is 0 Å². The predicted octanol–water partition coefficient (Wildman–Crippen LogP) is 3.79. The number of hydrogen-bond donors (Lipinski definition) is 1. The lowest BCUT2D eigenvalue weighted by Gasteiger charge is -1.94. The molecule has 0 radical (unpaired) electrons. The molecule has 1 N–H and O–H groups in total. The zero-order valence-corrected chi connectivity index (χ0v) is 8.83. The highest BCUT2D eigenvalue weighted by Gasteiger charge is 2.20. The van der Waals surface area contributed by atoms with Crippen molar-refractivity contribution >= 4 is 7.25 Å². The number of aromatic amines is 1. The molecule has 0 unspecified atom stereocenters. The van der Waals surface area contributed by atoms with Crippen molar-refractivity contribution in [2.24, 2.45) is 0 Å². The lowest BCUT2D eigenvalue weighted by Crippen LogP contribution is -2.02. The van der Waals surface area contributed by atoms with Crippen LogP contribution in [0.15, 0.2) is 42.7 Å². The van der Waals surface area contributed by atoms with Crippen LogP contribution in [0.3, 0.4) is 0 Å². The number of nitrogens with one attached hydrogen (secondary N) is 1. The van der Waals surface area contributed by atoms with Gasteiger partial charge in [0.1, 0.15) is 11.6 Å². The first-order chi connectivity index (χ1) is 8.29. The van der Waals surface area contributed by atoms with Crippen LogP contribution in [-0.2, 0) is 0 Å². The maximum Gasteiger partial charge on any atom is 1.00 e. The molecule has 2 aromatic rings. The molecule has 18 heavy (non-hydrogen) atoms. The second-order valence-corrected chi connectivity index (χ2v) is 2.70.